The fourth-order valence-corrected chi connectivity index (χ4v) is 5.73. The summed E-state index contributed by atoms with van der Waals surface area (Å²) in [4.78, 5) is 35.5. The topological polar surface area (TPSA) is 91.3 Å². The summed E-state index contributed by atoms with van der Waals surface area (Å²) < 4.78 is 18.2. The molecule has 0 aliphatic carbocycles. The van der Waals surface area contributed by atoms with Crippen LogP contribution < -0.4 is 10.1 Å². The van der Waals surface area contributed by atoms with E-state index in [1.807, 2.05) is 31.2 Å². The number of piperazine rings is 1. The smallest absolute Gasteiger partial charge is 0.326 e. The molecule has 2 heterocycles. The summed E-state index contributed by atoms with van der Waals surface area (Å²) >= 11 is 12.4. The number of carbonyl (C=O) groups is 2. The fraction of sp³-hybridized carbons (Fsp3) is 0.276. The Bertz CT molecular complexity index is 1480. The van der Waals surface area contributed by atoms with E-state index >= 15 is 0 Å². The maximum atomic E-state index is 14.3. The first-order valence-corrected chi connectivity index (χ1v) is 15.1. The van der Waals surface area contributed by atoms with E-state index < -0.39 is 22.9 Å². The molecule has 208 valence electrons. The highest BCUT2D eigenvalue weighted by Gasteiger charge is 2.45. The van der Waals surface area contributed by atoms with Gasteiger partial charge in [0, 0.05) is 45.1 Å². The average Bonchev–Trinajstić information content (AvgIpc) is 3.34. The molecule has 3 unspecified atom stereocenters. The van der Waals surface area contributed by atoms with Crippen LogP contribution in [0.15, 0.2) is 76.6 Å². The van der Waals surface area contributed by atoms with Crippen LogP contribution in [-0.4, -0.2) is 64.3 Å². The molecule has 3 atom stereocenters. The molecule has 0 radical (unpaired) electrons. The number of urea groups is 1. The number of hydrogen-bond acceptors (Lipinski definition) is 5. The summed E-state index contributed by atoms with van der Waals surface area (Å²) in [5, 5.41) is 3.93. The molecule has 1 fully saturated rings. The number of hydrogen-bond donors (Lipinski definition) is 1. The second-order valence-electron chi connectivity index (χ2n) is 9.41. The van der Waals surface area contributed by atoms with Gasteiger partial charge in [-0.2, -0.15) is 0 Å². The van der Waals surface area contributed by atoms with E-state index in [-0.39, 0.29) is 18.5 Å². The Hall–Kier alpha value is -3.40. The Morgan fingerprint density at radius 3 is 2.30 bits per heavy atom. The van der Waals surface area contributed by atoms with E-state index in [0.717, 1.165) is 11.1 Å². The lowest BCUT2D eigenvalue weighted by molar-refractivity contribution is -0.123. The van der Waals surface area contributed by atoms with Crippen LogP contribution in [0.2, 0.25) is 10.0 Å². The van der Waals surface area contributed by atoms with E-state index in [0.29, 0.717) is 51.8 Å². The third-order valence-electron chi connectivity index (χ3n) is 6.83. The molecule has 0 aromatic heterocycles. The summed E-state index contributed by atoms with van der Waals surface area (Å²) in [6, 6.07) is 18.6. The number of carbonyl (C=O) groups excluding carboxylic acids is 2. The van der Waals surface area contributed by atoms with Crippen LogP contribution in [0, 0.1) is 0 Å². The monoisotopic (exact) mass is 598 g/mol. The van der Waals surface area contributed by atoms with E-state index in [1.165, 1.54) is 4.90 Å². The Morgan fingerprint density at radius 1 is 1.05 bits per heavy atom. The van der Waals surface area contributed by atoms with E-state index in [4.69, 9.17) is 32.9 Å². The summed E-state index contributed by atoms with van der Waals surface area (Å²) in [5.74, 6) is 0.641. The highest BCUT2D eigenvalue weighted by molar-refractivity contribution is 7.84. The fourth-order valence-electron chi connectivity index (χ4n) is 4.95. The van der Waals surface area contributed by atoms with Crippen LogP contribution in [0.1, 0.15) is 35.7 Å². The van der Waals surface area contributed by atoms with Crippen LogP contribution in [0.5, 0.6) is 5.75 Å². The number of rotatable bonds is 6. The van der Waals surface area contributed by atoms with Crippen LogP contribution in [0.3, 0.4) is 0 Å². The Labute approximate surface area is 245 Å². The molecule has 3 amide bonds. The van der Waals surface area contributed by atoms with Gasteiger partial charge in [-0.05, 0) is 60.5 Å². The SMILES string of the molecule is CCOc1cc(S(C)=O)ccc1C1=NC(c2ccc(Cl)cc2)C(c2ccc(Cl)cc2)N1C(=O)N1CCNC(=O)C1. The molecule has 11 heteroatoms. The minimum atomic E-state index is -1.23. The second kappa shape index (κ2) is 12.0. The predicted octanol–water partition coefficient (Wildman–Crippen LogP) is 5.23. The number of aliphatic imine (C=N–C) groups is 1. The Kier molecular flexibility index (Phi) is 8.44. The number of amidine groups is 1. The predicted molar refractivity (Wildman–Crippen MR) is 157 cm³/mol. The van der Waals surface area contributed by atoms with Crippen molar-refractivity contribution in [2.75, 3.05) is 32.5 Å². The molecule has 0 bridgehead atoms. The van der Waals surface area contributed by atoms with Gasteiger partial charge in [0.2, 0.25) is 5.91 Å². The normalized spacial score (nSPS) is 19.7. The molecule has 8 nitrogen and oxygen atoms in total. The van der Waals surface area contributed by atoms with Gasteiger partial charge in [-0.1, -0.05) is 47.5 Å². The lowest BCUT2D eigenvalue weighted by Gasteiger charge is -2.35. The van der Waals surface area contributed by atoms with Crippen molar-refractivity contribution in [2.24, 2.45) is 4.99 Å². The lowest BCUT2D eigenvalue weighted by atomic mass is 9.93. The number of halogens is 2. The van der Waals surface area contributed by atoms with Gasteiger partial charge in [0.05, 0.1) is 18.2 Å². The molecule has 5 rings (SSSR count). The molecule has 1 saturated heterocycles. The summed E-state index contributed by atoms with van der Waals surface area (Å²) in [7, 11) is -1.23. The highest BCUT2D eigenvalue weighted by atomic mass is 35.5. The van der Waals surface area contributed by atoms with Gasteiger partial charge in [-0.15, -0.1) is 0 Å². The van der Waals surface area contributed by atoms with Crippen molar-refractivity contribution in [3.05, 3.63) is 93.5 Å². The van der Waals surface area contributed by atoms with Crippen LogP contribution in [0.4, 0.5) is 4.79 Å². The van der Waals surface area contributed by atoms with E-state index in [9.17, 15) is 13.8 Å². The van der Waals surface area contributed by atoms with Crippen molar-refractivity contribution < 1.29 is 18.5 Å². The van der Waals surface area contributed by atoms with Crippen molar-refractivity contribution in [2.45, 2.75) is 23.9 Å². The van der Waals surface area contributed by atoms with Gasteiger partial charge in [-0.3, -0.25) is 18.9 Å². The minimum absolute atomic E-state index is 0.0619. The van der Waals surface area contributed by atoms with Gasteiger partial charge in [0.15, 0.2) is 0 Å². The first-order valence-electron chi connectivity index (χ1n) is 12.8. The molecule has 40 heavy (non-hydrogen) atoms. The summed E-state index contributed by atoms with van der Waals surface area (Å²) in [5.41, 5.74) is 2.27. The second-order valence-corrected chi connectivity index (χ2v) is 11.7. The van der Waals surface area contributed by atoms with Crippen LogP contribution in [-0.2, 0) is 15.6 Å². The molecule has 2 aliphatic rings. The third kappa shape index (κ3) is 5.73. The Morgan fingerprint density at radius 2 is 1.70 bits per heavy atom. The quantitative estimate of drug-likeness (QED) is 0.421. The molecule has 0 saturated carbocycles. The van der Waals surface area contributed by atoms with Crippen molar-refractivity contribution in [1.29, 1.82) is 0 Å². The first-order chi connectivity index (χ1) is 19.3. The molecular formula is C29H28Cl2N4O4S. The third-order valence-corrected chi connectivity index (χ3v) is 8.25. The first kappa shape index (κ1) is 28.1. The molecule has 0 spiro atoms. The molecular weight excluding hydrogens is 571 g/mol. The van der Waals surface area contributed by atoms with Gasteiger partial charge < -0.3 is 15.0 Å². The van der Waals surface area contributed by atoms with Crippen molar-refractivity contribution in [1.82, 2.24) is 15.1 Å². The van der Waals surface area contributed by atoms with E-state index in [1.54, 1.807) is 53.6 Å². The number of amides is 3. The number of nitrogens with one attached hydrogen (secondary N) is 1. The minimum Gasteiger partial charge on any atom is -0.493 e. The van der Waals surface area contributed by atoms with E-state index in [2.05, 4.69) is 5.32 Å². The van der Waals surface area contributed by atoms with Crippen LogP contribution >= 0.6 is 23.2 Å². The van der Waals surface area contributed by atoms with Crippen molar-refractivity contribution >= 4 is 51.8 Å². The zero-order valence-corrected chi connectivity index (χ0v) is 24.3. The molecule has 3 aromatic carbocycles. The number of ether oxygens (including phenoxy) is 1. The van der Waals surface area contributed by atoms with Crippen molar-refractivity contribution in [3.63, 3.8) is 0 Å². The maximum absolute atomic E-state index is 14.3. The summed E-state index contributed by atoms with van der Waals surface area (Å²) in [6.45, 7) is 2.88. The van der Waals surface area contributed by atoms with Crippen molar-refractivity contribution in [3.8, 4) is 5.75 Å². The zero-order valence-electron chi connectivity index (χ0n) is 22.0. The maximum Gasteiger partial charge on any atom is 0.326 e. The molecule has 1 N–H and O–H groups in total. The average molecular weight is 600 g/mol. The van der Waals surface area contributed by atoms with Gasteiger partial charge >= 0.3 is 6.03 Å². The number of nitrogens with zero attached hydrogens (tertiary/aromatic N) is 3. The zero-order chi connectivity index (χ0) is 28.4. The summed E-state index contributed by atoms with van der Waals surface area (Å²) in [6.07, 6.45) is 1.60. The highest BCUT2D eigenvalue weighted by Crippen LogP contribution is 2.45. The van der Waals surface area contributed by atoms with Gasteiger partial charge in [0.25, 0.3) is 0 Å². The van der Waals surface area contributed by atoms with Crippen LogP contribution in [0.25, 0.3) is 0 Å². The molecule has 2 aliphatic heterocycles. The number of benzene rings is 3. The standard InChI is InChI=1S/C29H28Cl2N4O4S/c1-3-39-24-16-22(40(2)38)12-13-23(24)28-33-26(18-4-8-20(30)9-5-18)27(19-6-10-21(31)11-7-19)35(28)29(37)34-15-14-32-25(36)17-34/h4-13,16,26-27H,3,14-15,17H2,1-2H3,(H,32,36). The lowest BCUT2D eigenvalue weighted by Crippen LogP contribution is -2.55. The Balaban J connectivity index is 1.71. The largest absolute Gasteiger partial charge is 0.493 e. The molecule has 3 aromatic rings. The van der Waals surface area contributed by atoms with Gasteiger partial charge in [0.1, 0.15) is 24.2 Å². The van der Waals surface area contributed by atoms with Gasteiger partial charge in [-0.25, -0.2) is 4.79 Å².